The van der Waals surface area contributed by atoms with Crippen LogP contribution in [0.15, 0.2) is 36.4 Å². The second kappa shape index (κ2) is 5.69. The topological polar surface area (TPSA) is 18.5 Å². The molecule has 2 aromatic rings. The summed E-state index contributed by atoms with van der Waals surface area (Å²) in [5.74, 6) is 1.87. The molecule has 3 rings (SSSR count). The van der Waals surface area contributed by atoms with Crippen molar-refractivity contribution in [2.75, 3.05) is 0 Å². The van der Waals surface area contributed by atoms with Gasteiger partial charge in [0.15, 0.2) is 0 Å². The Kier molecular flexibility index (Phi) is 3.91. The lowest BCUT2D eigenvalue weighted by Crippen LogP contribution is -2.22. The molecule has 0 aromatic heterocycles. The molecule has 2 aromatic carbocycles. The van der Waals surface area contributed by atoms with Gasteiger partial charge < -0.3 is 9.47 Å². The highest BCUT2D eigenvalue weighted by atomic mass is 31.0. The van der Waals surface area contributed by atoms with Crippen LogP contribution in [0.25, 0.3) is 11.1 Å². The van der Waals surface area contributed by atoms with E-state index in [2.05, 4.69) is 48.2 Å². The van der Waals surface area contributed by atoms with Gasteiger partial charge in [0, 0.05) is 17.5 Å². The van der Waals surface area contributed by atoms with Crippen LogP contribution in [0.2, 0.25) is 0 Å². The van der Waals surface area contributed by atoms with Gasteiger partial charge in [0.1, 0.15) is 11.5 Å². The van der Waals surface area contributed by atoms with Crippen molar-refractivity contribution in [2.24, 2.45) is 0 Å². The number of benzene rings is 2. The highest BCUT2D eigenvalue weighted by molar-refractivity contribution is 7.28. The minimum absolute atomic E-state index is 0.125. The summed E-state index contributed by atoms with van der Waals surface area (Å²) in [6.07, 6.45) is 1.12. The van der Waals surface area contributed by atoms with E-state index in [1.165, 1.54) is 5.56 Å². The smallest absolute Gasteiger partial charge is 0.128 e. The highest BCUT2D eigenvalue weighted by Gasteiger charge is 2.22. The number of aryl methyl sites for hydroxylation is 1. The summed E-state index contributed by atoms with van der Waals surface area (Å²) in [4.78, 5) is 0. The Labute approximate surface area is 128 Å². The Morgan fingerprint density at radius 3 is 2.14 bits per heavy atom. The van der Waals surface area contributed by atoms with Gasteiger partial charge in [-0.15, -0.1) is 9.24 Å². The first-order chi connectivity index (χ1) is 10.1. The maximum atomic E-state index is 6.19. The Balaban J connectivity index is 2.29. The quantitative estimate of drug-likeness (QED) is 0.682. The summed E-state index contributed by atoms with van der Waals surface area (Å²) in [6, 6.07) is 12.4. The average molecular weight is 300 g/mol. The van der Waals surface area contributed by atoms with E-state index in [-0.39, 0.29) is 12.2 Å². The van der Waals surface area contributed by atoms with Crippen LogP contribution < -0.4 is 14.8 Å². The largest absolute Gasteiger partial charge is 0.490 e. The molecule has 0 amide bonds. The maximum absolute atomic E-state index is 6.19. The first-order valence-electron chi connectivity index (χ1n) is 7.38. The van der Waals surface area contributed by atoms with Gasteiger partial charge in [-0.2, -0.15) is 0 Å². The fourth-order valence-electron chi connectivity index (χ4n) is 2.97. The van der Waals surface area contributed by atoms with Gasteiger partial charge in [0.2, 0.25) is 0 Å². The molecule has 0 saturated heterocycles. The number of rotatable bonds is 0. The number of hydrogen-bond acceptors (Lipinski definition) is 2. The first kappa shape index (κ1) is 14.4. The van der Waals surface area contributed by atoms with Gasteiger partial charge in [-0.25, -0.2) is 0 Å². The van der Waals surface area contributed by atoms with E-state index in [4.69, 9.17) is 9.47 Å². The van der Waals surface area contributed by atoms with Crippen molar-refractivity contribution in [1.82, 2.24) is 0 Å². The lowest BCUT2D eigenvalue weighted by atomic mass is 9.98. The molecule has 0 spiro atoms. The van der Waals surface area contributed by atoms with Crippen molar-refractivity contribution < 1.29 is 9.47 Å². The summed E-state index contributed by atoms with van der Waals surface area (Å²) in [6.45, 7) is 6.32. The Hall–Kier alpha value is -1.53. The van der Waals surface area contributed by atoms with Crippen molar-refractivity contribution in [2.45, 2.75) is 39.4 Å². The van der Waals surface area contributed by atoms with Crippen LogP contribution in [0.4, 0.5) is 0 Å². The monoisotopic (exact) mass is 300 g/mol. The Bertz CT molecular complexity index is 609. The third-order valence-corrected chi connectivity index (χ3v) is 4.34. The zero-order valence-electron chi connectivity index (χ0n) is 12.7. The second-order valence-corrected chi connectivity index (χ2v) is 6.38. The van der Waals surface area contributed by atoms with Crippen molar-refractivity contribution in [3.63, 3.8) is 0 Å². The standard InChI is InChI=1S/C18H21O2P/c1-11-6-4-7-14-17(11)18-15(8-5-9-16(18)21)20-13(3)10-12(2)19-14/h4-9,12-13H,10,21H2,1-3H3/t12-,13-/m0/s1. The molecule has 0 N–H and O–H groups in total. The van der Waals surface area contributed by atoms with E-state index in [0.29, 0.717) is 0 Å². The normalized spacial score (nSPS) is 21.0. The zero-order chi connectivity index (χ0) is 15.0. The molecule has 2 nitrogen and oxygen atoms in total. The molecule has 1 heterocycles. The van der Waals surface area contributed by atoms with E-state index < -0.39 is 0 Å². The van der Waals surface area contributed by atoms with Crippen molar-refractivity contribution in [1.29, 1.82) is 0 Å². The molecular formula is C18H21O2P. The van der Waals surface area contributed by atoms with Gasteiger partial charge in [0.05, 0.1) is 12.2 Å². The molecule has 1 aliphatic heterocycles. The van der Waals surface area contributed by atoms with Crippen LogP contribution in [-0.2, 0) is 0 Å². The Morgan fingerprint density at radius 2 is 1.48 bits per heavy atom. The SMILES string of the molecule is Cc1cccc2c1-c1c(P)cccc1O[C@@H](C)C[C@H](C)O2. The molecule has 0 radical (unpaired) electrons. The Morgan fingerprint density at radius 1 is 0.905 bits per heavy atom. The third kappa shape index (κ3) is 2.78. The fourth-order valence-corrected chi connectivity index (χ4v) is 3.37. The average Bonchev–Trinajstić information content (AvgIpc) is 2.45. The van der Waals surface area contributed by atoms with Crippen LogP contribution in [0.1, 0.15) is 25.8 Å². The van der Waals surface area contributed by atoms with E-state index in [1.54, 1.807) is 0 Å². The molecule has 0 saturated carbocycles. The summed E-state index contributed by atoms with van der Waals surface area (Å²) in [7, 11) is 2.81. The second-order valence-electron chi connectivity index (χ2n) is 5.76. The maximum Gasteiger partial charge on any atom is 0.128 e. The molecule has 110 valence electrons. The summed E-state index contributed by atoms with van der Waals surface area (Å²) >= 11 is 0. The van der Waals surface area contributed by atoms with Gasteiger partial charge in [-0.3, -0.25) is 0 Å². The van der Waals surface area contributed by atoms with E-state index in [0.717, 1.165) is 34.4 Å². The predicted molar refractivity (Wildman–Crippen MR) is 90.8 cm³/mol. The molecule has 3 atom stereocenters. The molecule has 3 heteroatoms. The molecule has 1 unspecified atom stereocenters. The van der Waals surface area contributed by atoms with Gasteiger partial charge in [-0.05, 0) is 43.8 Å². The van der Waals surface area contributed by atoms with Crippen LogP contribution in [0.3, 0.4) is 0 Å². The third-order valence-electron chi connectivity index (χ3n) is 3.86. The molecule has 1 aliphatic rings. The number of hydrogen-bond donors (Lipinski definition) is 0. The predicted octanol–water partition coefficient (Wildman–Crippen LogP) is 4.10. The molecular weight excluding hydrogens is 279 g/mol. The zero-order valence-corrected chi connectivity index (χ0v) is 13.9. The summed E-state index contributed by atoms with van der Waals surface area (Å²) in [5, 5.41) is 1.13. The first-order valence-corrected chi connectivity index (χ1v) is 7.95. The van der Waals surface area contributed by atoms with Crippen molar-refractivity contribution in [3.05, 3.63) is 42.0 Å². The van der Waals surface area contributed by atoms with Gasteiger partial charge in [0.25, 0.3) is 0 Å². The summed E-state index contributed by atoms with van der Waals surface area (Å²) in [5.41, 5.74) is 3.46. The van der Waals surface area contributed by atoms with Gasteiger partial charge in [-0.1, -0.05) is 24.3 Å². The number of fused-ring (bicyclic) bond motifs is 3. The summed E-state index contributed by atoms with van der Waals surface area (Å²) < 4.78 is 12.4. The molecule has 0 fully saturated rings. The lowest BCUT2D eigenvalue weighted by Gasteiger charge is -2.18. The van der Waals surface area contributed by atoms with Crippen molar-refractivity contribution >= 4 is 14.5 Å². The minimum Gasteiger partial charge on any atom is -0.490 e. The van der Waals surface area contributed by atoms with Crippen LogP contribution in [0, 0.1) is 6.92 Å². The van der Waals surface area contributed by atoms with Crippen LogP contribution in [0.5, 0.6) is 11.5 Å². The fraction of sp³-hybridized carbons (Fsp3) is 0.333. The van der Waals surface area contributed by atoms with Gasteiger partial charge >= 0.3 is 0 Å². The molecule has 21 heavy (non-hydrogen) atoms. The number of ether oxygens (including phenoxy) is 2. The van der Waals surface area contributed by atoms with Crippen molar-refractivity contribution in [3.8, 4) is 22.6 Å². The lowest BCUT2D eigenvalue weighted by molar-refractivity contribution is 0.134. The molecule has 0 bridgehead atoms. The van der Waals surface area contributed by atoms with E-state index >= 15 is 0 Å². The molecule has 0 aliphatic carbocycles. The highest BCUT2D eigenvalue weighted by Crippen LogP contribution is 2.40. The van der Waals surface area contributed by atoms with Crippen LogP contribution in [-0.4, -0.2) is 12.2 Å². The van der Waals surface area contributed by atoms with Crippen LogP contribution >= 0.6 is 9.24 Å². The van der Waals surface area contributed by atoms with E-state index in [9.17, 15) is 0 Å². The van der Waals surface area contributed by atoms with E-state index in [1.807, 2.05) is 18.2 Å². The minimum atomic E-state index is 0.125.